The first-order valence-electron chi connectivity index (χ1n) is 6.50. The Morgan fingerprint density at radius 2 is 2.15 bits per heavy atom. The summed E-state index contributed by atoms with van der Waals surface area (Å²) in [5.74, 6) is -0.407. The van der Waals surface area contributed by atoms with Crippen LogP contribution in [-0.2, 0) is 4.74 Å². The SMILES string of the molecule is COc1cccc(C(=O)NCC2(O)CCOCC2)c1O. The summed E-state index contributed by atoms with van der Waals surface area (Å²) in [6, 6.07) is 4.69. The minimum absolute atomic E-state index is 0.125. The first-order valence-corrected chi connectivity index (χ1v) is 6.50. The summed E-state index contributed by atoms with van der Waals surface area (Å²) >= 11 is 0. The second-order valence-electron chi connectivity index (χ2n) is 4.88. The van der Waals surface area contributed by atoms with Gasteiger partial charge in [-0.2, -0.15) is 0 Å². The molecule has 0 aromatic heterocycles. The van der Waals surface area contributed by atoms with Crippen molar-refractivity contribution in [3.63, 3.8) is 0 Å². The first kappa shape index (κ1) is 14.6. The molecule has 3 N–H and O–H groups in total. The Morgan fingerprint density at radius 3 is 2.80 bits per heavy atom. The summed E-state index contributed by atoms with van der Waals surface area (Å²) in [7, 11) is 1.42. The molecule has 1 fully saturated rings. The lowest BCUT2D eigenvalue weighted by Crippen LogP contribution is -2.46. The number of rotatable bonds is 4. The molecule has 110 valence electrons. The Bertz CT molecular complexity index is 482. The highest BCUT2D eigenvalue weighted by atomic mass is 16.5. The van der Waals surface area contributed by atoms with E-state index in [0.717, 1.165) is 0 Å². The summed E-state index contributed by atoms with van der Waals surface area (Å²) in [4.78, 5) is 12.0. The van der Waals surface area contributed by atoms with Crippen molar-refractivity contribution in [3.8, 4) is 11.5 Å². The smallest absolute Gasteiger partial charge is 0.255 e. The average molecular weight is 281 g/mol. The van der Waals surface area contributed by atoms with Crippen LogP contribution in [0.15, 0.2) is 18.2 Å². The molecule has 1 aromatic rings. The van der Waals surface area contributed by atoms with Crippen LogP contribution in [-0.4, -0.2) is 48.6 Å². The molecule has 1 heterocycles. The lowest BCUT2D eigenvalue weighted by Gasteiger charge is -2.32. The van der Waals surface area contributed by atoms with Crippen molar-refractivity contribution in [1.82, 2.24) is 5.32 Å². The lowest BCUT2D eigenvalue weighted by atomic mass is 9.94. The van der Waals surface area contributed by atoms with E-state index in [1.54, 1.807) is 12.1 Å². The molecule has 1 aliphatic rings. The molecule has 1 aliphatic heterocycles. The van der Waals surface area contributed by atoms with Gasteiger partial charge < -0.3 is 25.0 Å². The predicted octanol–water partition coefficient (Wildman–Crippen LogP) is 0.672. The van der Waals surface area contributed by atoms with E-state index >= 15 is 0 Å². The lowest BCUT2D eigenvalue weighted by molar-refractivity contribution is -0.0605. The van der Waals surface area contributed by atoms with Crippen LogP contribution >= 0.6 is 0 Å². The van der Waals surface area contributed by atoms with Gasteiger partial charge in [0.2, 0.25) is 0 Å². The Balaban J connectivity index is 2.01. The number of hydrogen-bond acceptors (Lipinski definition) is 5. The largest absolute Gasteiger partial charge is 0.504 e. The van der Waals surface area contributed by atoms with Crippen LogP contribution in [0.4, 0.5) is 0 Å². The Labute approximate surface area is 117 Å². The Hall–Kier alpha value is -1.79. The van der Waals surface area contributed by atoms with Gasteiger partial charge in [0.15, 0.2) is 11.5 Å². The van der Waals surface area contributed by atoms with Crippen molar-refractivity contribution in [2.75, 3.05) is 26.9 Å². The number of amides is 1. The highest BCUT2D eigenvalue weighted by Gasteiger charge is 2.30. The van der Waals surface area contributed by atoms with Crippen LogP contribution in [0.25, 0.3) is 0 Å². The van der Waals surface area contributed by atoms with Gasteiger partial charge in [-0.15, -0.1) is 0 Å². The number of phenolic OH excluding ortho intramolecular Hbond substituents is 1. The number of hydrogen-bond donors (Lipinski definition) is 3. The number of benzene rings is 1. The quantitative estimate of drug-likeness (QED) is 0.755. The second kappa shape index (κ2) is 6.11. The molecule has 1 amide bonds. The molecule has 1 aromatic carbocycles. The maximum atomic E-state index is 12.0. The maximum absolute atomic E-state index is 12.0. The molecule has 0 spiro atoms. The molecular formula is C14H19NO5. The van der Waals surface area contributed by atoms with Gasteiger partial charge >= 0.3 is 0 Å². The molecule has 20 heavy (non-hydrogen) atoms. The number of ether oxygens (including phenoxy) is 2. The van der Waals surface area contributed by atoms with E-state index < -0.39 is 11.5 Å². The van der Waals surface area contributed by atoms with E-state index in [4.69, 9.17) is 9.47 Å². The second-order valence-corrected chi connectivity index (χ2v) is 4.88. The summed E-state index contributed by atoms with van der Waals surface area (Å²) in [6.45, 7) is 1.10. The number of carbonyl (C=O) groups excluding carboxylic acids is 1. The zero-order valence-electron chi connectivity index (χ0n) is 11.4. The number of para-hydroxylation sites is 1. The fraction of sp³-hybridized carbons (Fsp3) is 0.500. The van der Waals surface area contributed by atoms with E-state index in [-0.39, 0.29) is 23.6 Å². The van der Waals surface area contributed by atoms with Crippen molar-refractivity contribution in [3.05, 3.63) is 23.8 Å². The van der Waals surface area contributed by atoms with E-state index in [0.29, 0.717) is 26.1 Å². The van der Waals surface area contributed by atoms with Gasteiger partial charge in [0.05, 0.1) is 18.3 Å². The first-order chi connectivity index (χ1) is 9.56. The van der Waals surface area contributed by atoms with Crippen LogP contribution < -0.4 is 10.1 Å². The highest BCUT2D eigenvalue weighted by Crippen LogP contribution is 2.29. The van der Waals surface area contributed by atoms with Gasteiger partial charge in [-0.3, -0.25) is 4.79 Å². The average Bonchev–Trinajstić information content (AvgIpc) is 2.46. The molecule has 1 saturated heterocycles. The minimum Gasteiger partial charge on any atom is -0.504 e. The van der Waals surface area contributed by atoms with E-state index in [1.165, 1.54) is 13.2 Å². The monoisotopic (exact) mass is 281 g/mol. The third kappa shape index (κ3) is 3.20. The zero-order chi connectivity index (χ0) is 14.6. The van der Waals surface area contributed by atoms with Crippen molar-refractivity contribution in [1.29, 1.82) is 0 Å². The summed E-state index contributed by atoms with van der Waals surface area (Å²) in [5.41, 5.74) is -0.817. The Kier molecular flexibility index (Phi) is 4.46. The third-order valence-electron chi connectivity index (χ3n) is 3.47. The van der Waals surface area contributed by atoms with Gasteiger partial charge in [0.1, 0.15) is 0 Å². The minimum atomic E-state index is -0.942. The fourth-order valence-corrected chi connectivity index (χ4v) is 2.14. The van der Waals surface area contributed by atoms with E-state index in [1.807, 2.05) is 0 Å². The third-order valence-corrected chi connectivity index (χ3v) is 3.47. The van der Waals surface area contributed by atoms with E-state index in [9.17, 15) is 15.0 Å². The molecule has 2 rings (SSSR count). The van der Waals surface area contributed by atoms with Crippen LogP contribution in [0.5, 0.6) is 11.5 Å². The summed E-state index contributed by atoms with van der Waals surface area (Å²) in [5, 5.41) is 22.8. The summed E-state index contributed by atoms with van der Waals surface area (Å²) < 4.78 is 10.1. The highest BCUT2D eigenvalue weighted by molar-refractivity contribution is 5.97. The normalized spacial score (nSPS) is 17.5. The molecule has 0 aliphatic carbocycles. The molecule has 6 heteroatoms. The van der Waals surface area contributed by atoms with Crippen LogP contribution in [0.2, 0.25) is 0 Å². The number of aliphatic hydroxyl groups is 1. The number of aromatic hydroxyl groups is 1. The topological polar surface area (TPSA) is 88.0 Å². The van der Waals surface area contributed by atoms with Crippen LogP contribution in [0.1, 0.15) is 23.2 Å². The van der Waals surface area contributed by atoms with Crippen LogP contribution in [0.3, 0.4) is 0 Å². The van der Waals surface area contributed by atoms with E-state index in [2.05, 4.69) is 5.32 Å². The molecule has 6 nitrogen and oxygen atoms in total. The summed E-state index contributed by atoms with van der Waals surface area (Å²) in [6.07, 6.45) is 0.967. The molecule has 0 atom stereocenters. The van der Waals surface area contributed by atoms with Gasteiger partial charge in [0, 0.05) is 32.6 Å². The number of phenols is 1. The number of nitrogens with one attached hydrogen (secondary N) is 1. The van der Waals surface area contributed by atoms with Crippen molar-refractivity contribution >= 4 is 5.91 Å². The number of methoxy groups -OCH3 is 1. The van der Waals surface area contributed by atoms with Crippen LogP contribution in [0, 0.1) is 0 Å². The molecule has 0 bridgehead atoms. The van der Waals surface area contributed by atoms with Crippen molar-refractivity contribution in [2.24, 2.45) is 0 Å². The van der Waals surface area contributed by atoms with Gasteiger partial charge in [0.25, 0.3) is 5.91 Å². The fourth-order valence-electron chi connectivity index (χ4n) is 2.14. The molecular weight excluding hydrogens is 262 g/mol. The molecule has 0 saturated carbocycles. The standard InChI is InChI=1S/C14H19NO5/c1-19-11-4-2-3-10(12(11)16)13(17)15-9-14(18)5-7-20-8-6-14/h2-4,16,18H,5-9H2,1H3,(H,15,17). The van der Waals surface area contributed by atoms with Gasteiger partial charge in [-0.25, -0.2) is 0 Å². The number of carbonyl (C=O) groups is 1. The van der Waals surface area contributed by atoms with Gasteiger partial charge in [-0.05, 0) is 12.1 Å². The maximum Gasteiger partial charge on any atom is 0.255 e. The van der Waals surface area contributed by atoms with Crippen molar-refractivity contribution in [2.45, 2.75) is 18.4 Å². The Morgan fingerprint density at radius 1 is 1.45 bits per heavy atom. The predicted molar refractivity (Wildman–Crippen MR) is 72.0 cm³/mol. The van der Waals surface area contributed by atoms with Crippen molar-refractivity contribution < 1.29 is 24.5 Å². The zero-order valence-corrected chi connectivity index (χ0v) is 11.4. The molecule has 0 radical (unpaired) electrons. The molecule has 0 unspecified atom stereocenters. The van der Waals surface area contributed by atoms with Gasteiger partial charge in [-0.1, -0.05) is 6.07 Å².